The van der Waals surface area contributed by atoms with Crippen LogP contribution in [0.1, 0.15) is 11.7 Å². The third kappa shape index (κ3) is 3.85. The highest BCUT2D eigenvalue weighted by atomic mass is 32.3. The van der Waals surface area contributed by atoms with Gasteiger partial charge in [0.15, 0.2) is 6.10 Å². The Balaban J connectivity index is 3.29. The smallest absolute Gasteiger partial charge is 0.456 e. The molecular weight excluding hydrogens is 299 g/mol. The Morgan fingerprint density at radius 3 is 1.89 bits per heavy atom. The standard InChI is InChI=1S/C9H7F5O4S/c10-8(11,9(12,13)14)7(18-19(15,16)17)6-4-2-1-3-5-6/h1-5,7H,(H,15,16,17)/p-1. The summed E-state index contributed by atoms with van der Waals surface area (Å²) in [5, 5.41) is 0. The van der Waals surface area contributed by atoms with Gasteiger partial charge in [-0.25, -0.2) is 8.42 Å². The summed E-state index contributed by atoms with van der Waals surface area (Å²) in [5.74, 6) is -5.54. The molecule has 0 N–H and O–H groups in total. The van der Waals surface area contributed by atoms with Gasteiger partial charge in [-0.1, -0.05) is 30.3 Å². The van der Waals surface area contributed by atoms with Gasteiger partial charge in [-0.15, -0.1) is 0 Å². The maximum Gasteiger partial charge on any atom is 0.456 e. The van der Waals surface area contributed by atoms with E-state index in [0.29, 0.717) is 0 Å². The summed E-state index contributed by atoms with van der Waals surface area (Å²) in [6.45, 7) is 0. The molecule has 0 heterocycles. The molecule has 4 nitrogen and oxygen atoms in total. The molecule has 1 atom stereocenters. The monoisotopic (exact) mass is 305 g/mol. The lowest BCUT2D eigenvalue weighted by Gasteiger charge is -2.29. The summed E-state index contributed by atoms with van der Waals surface area (Å²) < 4.78 is 97.3. The van der Waals surface area contributed by atoms with E-state index in [2.05, 4.69) is 4.18 Å². The van der Waals surface area contributed by atoms with Crippen LogP contribution in [0, 0.1) is 0 Å². The van der Waals surface area contributed by atoms with E-state index in [1.54, 1.807) is 0 Å². The normalized spacial score (nSPS) is 15.3. The Morgan fingerprint density at radius 1 is 1.05 bits per heavy atom. The average Bonchev–Trinajstić information content (AvgIpc) is 2.24. The van der Waals surface area contributed by atoms with Gasteiger partial charge in [0.05, 0.1) is 0 Å². The van der Waals surface area contributed by atoms with Gasteiger partial charge in [0.25, 0.3) is 0 Å². The molecule has 1 unspecified atom stereocenters. The van der Waals surface area contributed by atoms with Crippen LogP contribution in [-0.4, -0.2) is 25.1 Å². The molecular formula is C9H6F5O4S-. The minimum Gasteiger partial charge on any atom is -0.726 e. The number of hydrogen-bond acceptors (Lipinski definition) is 4. The number of benzene rings is 1. The summed E-state index contributed by atoms with van der Waals surface area (Å²) in [7, 11) is -5.74. The molecule has 0 radical (unpaired) electrons. The Morgan fingerprint density at radius 2 is 1.53 bits per heavy atom. The first kappa shape index (κ1) is 15.8. The first-order chi connectivity index (χ1) is 8.45. The molecule has 1 aromatic carbocycles. The zero-order chi connectivity index (χ0) is 14.9. The van der Waals surface area contributed by atoms with Crippen LogP contribution >= 0.6 is 0 Å². The van der Waals surface area contributed by atoms with Crippen LogP contribution in [0.15, 0.2) is 30.3 Å². The van der Waals surface area contributed by atoms with Crippen LogP contribution in [0.3, 0.4) is 0 Å². The van der Waals surface area contributed by atoms with Crippen molar-refractivity contribution in [1.82, 2.24) is 0 Å². The van der Waals surface area contributed by atoms with Gasteiger partial charge in [-0.05, 0) is 5.56 Å². The fraction of sp³-hybridized carbons (Fsp3) is 0.333. The fourth-order valence-corrected chi connectivity index (χ4v) is 1.69. The molecule has 0 saturated heterocycles. The summed E-state index contributed by atoms with van der Waals surface area (Å²) in [5.41, 5.74) is -0.788. The summed E-state index contributed by atoms with van der Waals surface area (Å²) >= 11 is 0. The van der Waals surface area contributed by atoms with Crippen molar-refractivity contribution in [2.75, 3.05) is 0 Å². The molecule has 0 spiro atoms. The molecule has 0 fully saturated rings. The predicted octanol–water partition coefficient (Wildman–Crippen LogP) is 2.40. The molecule has 0 saturated carbocycles. The second-order valence-corrected chi connectivity index (χ2v) is 4.42. The van der Waals surface area contributed by atoms with Crippen LogP contribution in [0.2, 0.25) is 0 Å². The lowest BCUT2D eigenvalue weighted by Crippen LogP contribution is -2.43. The van der Waals surface area contributed by atoms with E-state index >= 15 is 0 Å². The van der Waals surface area contributed by atoms with E-state index in [0.717, 1.165) is 24.3 Å². The highest BCUT2D eigenvalue weighted by Crippen LogP contribution is 2.46. The minimum absolute atomic E-state index is 0.787. The summed E-state index contributed by atoms with van der Waals surface area (Å²) in [4.78, 5) is 0. The number of alkyl halides is 5. The third-order valence-corrected chi connectivity index (χ3v) is 2.45. The summed E-state index contributed by atoms with van der Waals surface area (Å²) in [6.07, 6.45) is -9.34. The number of hydrogen-bond donors (Lipinski definition) is 0. The minimum atomic E-state index is -6.07. The van der Waals surface area contributed by atoms with Crippen molar-refractivity contribution < 1.29 is 39.1 Å². The predicted molar refractivity (Wildman–Crippen MR) is 51.0 cm³/mol. The highest BCUT2D eigenvalue weighted by Gasteiger charge is 2.64. The second kappa shape index (κ2) is 5.02. The SMILES string of the molecule is O=S(=O)([O-])OC(c1ccccc1)C(F)(F)C(F)(F)F. The van der Waals surface area contributed by atoms with Gasteiger partial charge < -0.3 is 4.55 Å². The topological polar surface area (TPSA) is 66.4 Å². The molecule has 0 aliphatic carbocycles. The fourth-order valence-electron chi connectivity index (χ4n) is 1.22. The lowest BCUT2D eigenvalue weighted by molar-refractivity contribution is -0.311. The zero-order valence-electron chi connectivity index (χ0n) is 8.90. The molecule has 10 heteroatoms. The van der Waals surface area contributed by atoms with E-state index in [1.807, 2.05) is 0 Å². The summed E-state index contributed by atoms with van der Waals surface area (Å²) in [6, 6.07) is 5.06. The van der Waals surface area contributed by atoms with E-state index < -0.39 is 34.2 Å². The van der Waals surface area contributed by atoms with Gasteiger partial charge in [0.1, 0.15) is 0 Å². The Bertz CT molecular complexity index is 525. The van der Waals surface area contributed by atoms with Gasteiger partial charge in [0, 0.05) is 0 Å². The van der Waals surface area contributed by atoms with E-state index in [4.69, 9.17) is 0 Å². The highest BCUT2D eigenvalue weighted by molar-refractivity contribution is 7.80. The Kier molecular flexibility index (Phi) is 4.17. The van der Waals surface area contributed by atoms with Crippen molar-refractivity contribution in [1.29, 1.82) is 0 Å². The Labute approximate surface area is 104 Å². The molecule has 108 valence electrons. The van der Waals surface area contributed by atoms with Gasteiger partial charge in [0.2, 0.25) is 10.4 Å². The van der Waals surface area contributed by atoms with Gasteiger partial charge in [-0.3, -0.25) is 4.18 Å². The van der Waals surface area contributed by atoms with Crippen molar-refractivity contribution in [3.63, 3.8) is 0 Å². The van der Waals surface area contributed by atoms with Gasteiger partial charge in [-0.2, -0.15) is 22.0 Å². The quantitative estimate of drug-likeness (QED) is 0.487. The van der Waals surface area contributed by atoms with E-state index in [1.165, 1.54) is 6.07 Å². The largest absolute Gasteiger partial charge is 0.726 e. The van der Waals surface area contributed by atoms with Crippen LogP contribution in [0.4, 0.5) is 22.0 Å². The molecule has 0 aliphatic heterocycles. The van der Waals surface area contributed by atoms with E-state index in [-0.39, 0.29) is 0 Å². The van der Waals surface area contributed by atoms with Crippen LogP contribution in [0.5, 0.6) is 0 Å². The van der Waals surface area contributed by atoms with Crippen molar-refractivity contribution in [2.24, 2.45) is 0 Å². The zero-order valence-corrected chi connectivity index (χ0v) is 9.71. The van der Waals surface area contributed by atoms with Gasteiger partial charge >= 0.3 is 12.1 Å². The first-order valence-electron chi connectivity index (χ1n) is 4.59. The Hall–Kier alpha value is -1.26. The third-order valence-electron chi connectivity index (χ3n) is 2.02. The first-order valence-corrected chi connectivity index (χ1v) is 5.92. The van der Waals surface area contributed by atoms with E-state index in [9.17, 15) is 34.9 Å². The van der Waals surface area contributed by atoms with Crippen molar-refractivity contribution in [3.05, 3.63) is 35.9 Å². The molecule has 0 aromatic heterocycles. The van der Waals surface area contributed by atoms with Crippen LogP contribution < -0.4 is 0 Å². The molecule has 0 bridgehead atoms. The van der Waals surface area contributed by atoms with Crippen molar-refractivity contribution >= 4 is 10.4 Å². The molecule has 0 aliphatic rings. The molecule has 1 aromatic rings. The van der Waals surface area contributed by atoms with Crippen LogP contribution in [0.25, 0.3) is 0 Å². The molecule has 19 heavy (non-hydrogen) atoms. The average molecular weight is 305 g/mol. The van der Waals surface area contributed by atoms with Crippen LogP contribution in [-0.2, 0) is 14.6 Å². The van der Waals surface area contributed by atoms with Crippen molar-refractivity contribution in [2.45, 2.75) is 18.2 Å². The maximum absolute atomic E-state index is 13.2. The molecule has 0 amide bonds. The van der Waals surface area contributed by atoms with Crippen molar-refractivity contribution in [3.8, 4) is 0 Å². The lowest BCUT2D eigenvalue weighted by atomic mass is 10.0. The maximum atomic E-state index is 13.2. The number of halogens is 5. The molecule has 1 rings (SSSR count). The second-order valence-electron chi connectivity index (χ2n) is 3.42. The number of rotatable bonds is 4.